The average Bonchev–Trinajstić information content (AvgIpc) is 3.06. The Labute approximate surface area is 135 Å². The number of thiophene rings is 1. The molecule has 0 bridgehead atoms. The lowest BCUT2D eigenvalue weighted by molar-refractivity contribution is -0.151. The number of carbonyl (C=O) groups excluding carboxylic acids is 1. The van der Waals surface area contributed by atoms with Gasteiger partial charge in [-0.25, -0.2) is 0 Å². The second-order valence-corrected chi connectivity index (χ2v) is 6.51. The largest absolute Gasteiger partial charge is 0.497 e. The standard InChI is InChI=1S/C17H21NO3S/c1-17(2,16(19)21-4)15(14-6-5-11-22-14)18-12-7-9-13(20-3)10-8-12/h5-11,15,18H,1-4H3. The second-order valence-electron chi connectivity index (χ2n) is 5.53. The zero-order valence-corrected chi connectivity index (χ0v) is 14.1. The van der Waals surface area contributed by atoms with Crippen LogP contribution in [0.4, 0.5) is 5.69 Å². The second kappa shape index (κ2) is 6.83. The molecule has 0 amide bonds. The zero-order chi connectivity index (χ0) is 16.2. The Kier molecular flexibility index (Phi) is 5.08. The van der Waals surface area contributed by atoms with Gasteiger partial charge in [0.25, 0.3) is 0 Å². The van der Waals surface area contributed by atoms with Crippen LogP contribution >= 0.6 is 11.3 Å². The fourth-order valence-corrected chi connectivity index (χ4v) is 3.26. The number of methoxy groups -OCH3 is 2. The number of benzene rings is 1. The quantitative estimate of drug-likeness (QED) is 0.814. The van der Waals surface area contributed by atoms with Crippen molar-refractivity contribution < 1.29 is 14.3 Å². The van der Waals surface area contributed by atoms with E-state index in [0.717, 1.165) is 16.3 Å². The highest BCUT2D eigenvalue weighted by molar-refractivity contribution is 7.10. The summed E-state index contributed by atoms with van der Waals surface area (Å²) in [5, 5.41) is 5.45. The van der Waals surface area contributed by atoms with Crippen molar-refractivity contribution in [1.29, 1.82) is 0 Å². The van der Waals surface area contributed by atoms with Crippen molar-refractivity contribution in [2.45, 2.75) is 19.9 Å². The first-order valence-electron chi connectivity index (χ1n) is 7.01. The van der Waals surface area contributed by atoms with Crippen molar-refractivity contribution in [3.63, 3.8) is 0 Å². The molecule has 0 aliphatic carbocycles. The summed E-state index contributed by atoms with van der Waals surface area (Å²) in [6.45, 7) is 3.78. The van der Waals surface area contributed by atoms with Gasteiger partial charge in [-0.1, -0.05) is 6.07 Å². The Morgan fingerprint density at radius 1 is 1.18 bits per heavy atom. The molecule has 2 aromatic rings. The minimum atomic E-state index is -0.695. The number of carbonyl (C=O) groups is 1. The highest BCUT2D eigenvalue weighted by atomic mass is 32.1. The number of hydrogen-bond donors (Lipinski definition) is 1. The van der Waals surface area contributed by atoms with E-state index in [-0.39, 0.29) is 12.0 Å². The van der Waals surface area contributed by atoms with Gasteiger partial charge >= 0.3 is 5.97 Å². The number of anilines is 1. The van der Waals surface area contributed by atoms with Crippen LogP contribution in [0.2, 0.25) is 0 Å². The molecule has 0 saturated carbocycles. The molecule has 1 aromatic heterocycles. The molecular formula is C17H21NO3S. The van der Waals surface area contributed by atoms with Crippen molar-refractivity contribution in [2.75, 3.05) is 19.5 Å². The van der Waals surface area contributed by atoms with E-state index in [4.69, 9.17) is 9.47 Å². The van der Waals surface area contributed by atoms with E-state index in [2.05, 4.69) is 5.32 Å². The number of esters is 1. The van der Waals surface area contributed by atoms with Crippen LogP contribution in [0.3, 0.4) is 0 Å². The topological polar surface area (TPSA) is 47.6 Å². The molecule has 0 saturated heterocycles. The van der Waals surface area contributed by atoms with E-state index in [1.807, 2.05) is 55.6 Å². The average molecular weight is 319 g/mol. The first-order valence-corrected chi connectivity index (χ1v) is 7.89. The summed E-state index contributed by atoms with van der Waals surface area (Å²) in [5.41, 5.74) is 0.232. The minimum Gasteiger partial charge on any atom is -0.497 e. The monoisotopic (exact) mass is 319 g/mol. The molecule has 0 radical (unpaired) electrons. The SMILES string of the molecule is COC(=O)C(C)(C)C(Nc1ccc(OC)cc1)c1cccs1. The van der Waals surface area contributed by atoms with Gasteiger partial charge in [-0.3, -0.25) is 4.79 Å². The zero-order valence-electron chi connectivity index (χ0n) is 13.3. The molecule has 0 fully saturated rings. The molecule has 0 aliphatic heterocycles. The molecule has 1 unspecified atom stereocenters. The van der Waals surface area contributed by atoms with Gasteiger partial charge in [0.15, 0.2) is 0 Å². The van der Waals surface area contributed by atoms with Gasteiger partial charge in [-0.05, 0) is 49.6 Å². The third kappa shape index (κ3) is 3.42. The van der Waals surface area contributed by atoms with Gasteiger partial charge in [0, 0.05) is 10.6 Å². The number of hydrogen-bond acceptors (Lipinski definition) is 5. The van der Waals surface area contributed by atoms with Crippen molar-refractivity contribution >= 4 is 23.0 Å². The lowest BCUT2D eigenvalue weighted by atomic mass is 9.83. The molecule has 1 heterocycles. The van der Waals surface area contributed by atoms with Gasteiger partial charge in [-0.2, -0.15) is 0 Å². The van der Waals surface area contributed by atoms with Crippen LogP contribution in [0, 0.1) is 5.41 Å². The molecule has 5 heteroatoms. The summed E-state index contributed by atoms with van der Waals surface area (Å²) < 4.78 is 10.1. The Morgan fingerprint density at radius 2 is 1.86 bits per heavy atom. The summed E-state index contributed by atoms with van der Waals surface area (Å²) in [7, 11) is 3.06. The van der Waals surface area contributed by atoms with Crippen LogP contribution in [-0.4, -0.2) is 20.2 Å². The molecule has 2 rings (SSSR count). The van der Waals surface area contributed by atoms with Gasteiger partial charge in [0.05, 0.1) is 25.7 Å². The first-order chi connectivity index (χ1) is 10.5. The highest BCUT2D eigenvalue weighted by Gasteiger charge is 2.39. The summed E-state index contributed by atoms with van der Waals surface area (Å²) in [5.74, 6) is 0.553. The lowest BCUT2D eigenvalue weighted by Crippen LogP contribution is -2.36. The van der Waals surface area contributed by atoms with Gasteiger partial charge < -0.3 is 14.8 Å². The van der Waals surface area contributed by atoms with Crippen molar-refractivity contribution in [3.05, 3.63) is 46.7 Å². The first kappa shape index (κ1) is 16.4. The molecule has 1 atom stereocenters. The van der Waals surface area contributed by atoms with Gasteiger partial charge in [-0.15, -0.1) is 11.3 Å². The predicted molar refractivity (Wildman–Crippen MR) is 89.5 cm³/mol. The number of ether oxygens (including phenoxy) is 2. The van der Waals surface area contributed by atoms with Crippen LogP contribution in [-0.2, 0) is 9.53 Å². The molecule has 22 heavy (non-hydrogen) atoms. The van der Waals surface area contributed by atoms with E-state index >= 15 is 0 Å². The van der Waals surface area contributed by atoms with E-state index < -0.39 is 5.41 Å². The van der Waals surface area contributed by atoms with E-state index in [0.29, 0.717) is 0 Å². The maximum atomic E-state index is 12.2. The number of rotatable bonds is 6. The summed E-state index contributed by atoms with van der Waals surface area (Å²) in [4.78, 5) is 13.3. The Hall–Kier alpha value is -2.01. The molecule has 0 aliphatic rings. The third-order valence-electron chi connectivity index (χ3n) is 3.66. The van der Waals surface area contributed by atoms with Crippen LogP contribution in [0.1, 0.15) is 24.8 Å². The highest BCUT2D eigenvalue weighted by Crippen LogP contribution is 2.39. The van der Waals surface area contributed by atoms with Crippen LogP contribution < -0.4 is 10.1 Å². The van der Waals surface area contributed by atoms with Crippen molar-refractivity contribution in [3.8, 4) is 5.75 Å². The Balaban J connectivity index is 2.31. The van der Waals surface area contributed by atoms with E-state index in [1.165, 1.54) is 7.11 Å². The molecule has 118 valence electrons. The third-order valence-corrected chi connectivity index (χ3v) is 4.60. The van der Waals surface area contributed by atoms with Gasteiger partial charge in [0.1, 0.15) is 5.75 Å². The summed E-state index contributed by atoms with van der Waals surface area (Å²) >= 11 is 1.62. The van der Waals surface area contributed by atoms with E-state index in [9.17, 15) is 4.79 Å². The van der Waals surface area contributed by atoms with Gasteiger partial charge in [0.2, 0.25) is 0 Å². The fourth-order valence-electron chi connectivity index (χ4n) is 2.30. The van der Waals surface area contributed by atoms with E-state index in [1.54, 1.807) is 18.4 Å². The maximum absolute atomic E-state index is 12.2. The fraction of sp³-hybridized carbons (Fsp3) is 0.353. The lowest BCUT2D eigenvalue weighted by Gasteiger charge is -2.32. The summed E-state index contributed by atoms with van der Waals surface area (Å²) in [6, 6.07) is 11.5. The van der Waals surface area contributed by atoms with Crippen LogP contribution in [0.25, 0.3) is 0 Å². The smallest absolute Gasteiger partial charge is 0.313 e. The predicted octanol–water partition coefficient (Wildman–Crippen LogP) is 4.11. The minimum absolute atomic E-state index is 0.173. The normalized spacial score (nSPS) is 12.5. The summed E-state index contributed by atoms with van der Waals surface area (Å²) in [6.07, 6.45) is 0. The maximum Gasteiger partial charge on any atom is 0.313 e. The van der Waals surface area contributed by atoms with Crippen molar-refractivity contribution in [1.82, 2.24) is 0 Å². The molecule has 0 spiro atoms. The Bertz CT molecular complexity index is 605. The molecular weight excluding hydrogens is 298 g/mol. The number of nitrogens with one attached hydrogen (secondary N) is 1. The molecule has 4 nitrogen and oxygen atoms in total. The van der Waals surface area contributed by atoms with Crippen molar-refractivity contribution in [2.24, 2.45) is 5.41 Å². The van der Waals surface area contributed by atoms with Crippen LogP contribution in [0.5, 0.6) is 5.75 Å². The molecule has 1 aromatic carbocycles. The molecule has 1 N–H and O–H groups in total. The van der Waals surface area contributed by atoms with Crippen LogP contribution in [0.15, 0.2) is 41.8 Å². The Morgan fingerprint density at radius 3 is 2.36 bits per heavy atom.